The van der Waals surface area contributed by atoms with E-state index in [1.54, 1.807) is 85.1 Å². The highest BCUT2D eigenvalue weighted by Gasteiger charge is 2.35. The molecular formula is C50H59N9O8S2. The Bertz CT molecular complexity index is 2520. The summed E-state index contributed by atoms with van der Waals surface area (Å²) in [5.74, 6) is -5.73. The summed E-state index contributed by atoms with van der Waals surface area (Å²) < 4.78 is 0. The van der Waals surface area contributed by atoms with Crippen LogP contribution in [0.1, 0.15) is 41.5 Å². The van der Waals surface area contributed by atoms with Gasteiger partial charge in [0.1, 0.15) is 36.3 Å². The summed E-state index contributed by atoms with van der Waals surface area (Å²) in [5, 5.41) is 27.7. The van der Waals surface area contributed by atoms with E-state index in [1.807, 2.05) is 36.4 Å². The first-order chi connectivity index (χ1) is 33.4. The van der Waals surface area contributed by atoms with Crippen molar-refractivity contribution in [2.45, 2.75) is 87.2 Å². The van der Waals surface area contributed by atoms with Crippen molar-refractivity contribution in [3.63, 3.8) is 0 Å². The second-order valence-electron chi connectivity index (χ2n) is 16.8. The maximum atomic E-state index is 14.8. The predicted molar refractivity (Wildman–Crippen MR) is 267 cm³/mol. The number of carboxylic acid groups (broad SMARTS) is 1. The van der Waals surface area contributed by atoms with E-state index in [9.17, 15) is 38.7 Å². The average Bonchev–Trinajstić information content (AvgIpc) is 3.76. The fraction of sp³-hybridized carbons (Fsp3) is 0.340. The summed E-state index contributed by atoms with van der Waals surface area (Å²) in [6.45, 7) is 0.309. The van der Waals surface area contributed by atoms with Gasteiger partial charge in [-0.1, -0.05) is 131 Å². The molecule has 6 rings (SSSR count). The third-order valence-electron chi connectivity index (χ3n) is 11.6. The molecule has 0 radical (unpaired) electrons. The first kappa shape index (κ1) is 51.7. The summed E-state index contributed by atoms with van der Waals surface area (Å²) in [6.07, 6.45) is 2.75. The molecule has 1 saturated heterocycles. The van der Waals surface area contributed by atoms with Crippen LogP contribution in [0.5, 0.6) is 0 Å². The Labute approximate surface area is 408 Å². The van der Waals surface area contributed by atoms with E-state index in [0.29, 0.717) is 41.6 Å². The van der Waals surface area contributed by atoms with E-state index < -0.39 is 83.7 Å². The number of rotatable bonds is 13. The molecule has 19 heteroatoms. The molecule has 1 aliphatic rings. The molecule has 0 spiro atoms. The third kappa shape index (κ3) is 15.7. The van der Waals surface area contributed by atoms with E-state index in [4.69, 9.17) is 11.5 Å². The van der Waals surface area contributed by atoms with Crippen molar-refractivity contribution < 1.29 is 38.7 Å². The van der Waals surface area contributed by atoms with Crippen molar-refractivity contribution in [2.75, 3.05) is 18.1 Å². The van der Waals surface area contributed by atoms with Gasteiger partial charge in [-0.25, -0.2) is 4.79 Å². The summed E-state index contributed by atoms with van der Waals surface area (Å²) >= 11 is 0. The number of hydrogen-bond acceptors (Lipinski definition) is 11. The number of nitrogens with two attached hydrogens (primary N) is 2. The highest BCUT2D eigenvalue weighted by molar-refractivity contribution is 8.76. The maximum Gasteiger partial charge on any atom is 0.327 e. The number of carbonyl (C=O) groups excluding carboxylic acids is 6. The molecule has 1 aromatic heterocycles. The Morgan fingerprint density at radius 3 is 1.45 bits per heavy atom. The Hall–Kier alpha value is -6.67. The lowest BCUT2D eigenvalue weighted by Crippen LogP contribution is -2.60. The van der Waals surface area contributed by atoms with Crippen LogP contribution in [0.2, 0.25) is 0 Å². The molecular weight excluding hydrogens is 919 g/mol. The zero-order valence-electron chi connectivity index (χ0n) is 37.9. The first-order valence-corrected chi connectivity index (χ1v) is 25.3. The molecule has 6 amide bonds. The molecule has 2 heterocycles. The molecule has 0 unspecified atom stereocenters. The van der Waals surface area contributed by atoms with Gasteiger partial charge in [0.15, 0.2) is 0 Å². The summed E-state index contributed by atoms with van der Waals surface area (Å²) in [5.41, 5.74) is 15.7. The van der Waals surface area contributed by atoms with Gasteiger partial charge in [0.05, 0.1) is 6.04 Å². The zero-order chi connectivity index (χ0) is 49.1. The molecule has 0 saturated carbocycles. The van der Waals surface area contributed by atoms with Crippen LogP contribution in [0.3, 0.4) is 0 Å². The number of H-pyrrole nitrogens is 1. The highest BCUT2D eigenvalue weighted by atomic mass is 33.1. The molecule has 364 valence electrons. The number of carboxylic acids is 1. The van der Waals surface area contributed by atoms with Crippen molar-refractivity contribution in [3.05, 3.63) is 144 Å². The number of aromatic nitrogens is 1. The number of aliphatic carboxylic acids is 1. The number of amides is 6. The lowest BCUT2D eigenvalue weighted by molar-refractivity contribution is -0.141. The topological polar surface area (TPSA) is 280 Å². The lowest BCUT2D eigenvalue weighted by Gasteiger charge is -2.28. The Balaban J connectivity index is 1.39. The van der Waals surface area contributed by atoms with E-state index in [2.05, 4.69) is 36.9 Å². The largest absolute Gasteiger partial charge is 0.480 e. The smallest absolute Gasteiger partial charge is 0.327 e. The van der Waals surface area contributed by atoms with E-state index in [1.165, 1.54) is 0 Å². The standard InChI is InChI=1S/C50H59N9O8S2/c51-23-13-12-22-38-45(61)56-41(26-33-18-8-3-9-19-33)48(64)59-43(50(66)67)30-69-68-29-36(52)44(60)55-39(24-31-14-4-1-5-15-31)46(62)57-40(25-32-16-6-2-7-17-32)47(63)58-42(49(65)54-38)27-34-28-53-37-21-11-10-20-35(34)37/h1-11,14-21,28,36,38-43,53H,12-13,22-27,29-30,51-52H2,(H,54,65)(H,55,60)(H,56,61)(H,57,62)(H,58,63)(H,59,64)(H,66,67)/t36-,38+,39-,40+,41+,42+,43+/m1/s1. The molecule has 7 atom stereocenters. The van der Waals surface area contributed by atoms with Crippen LogP contribution >= 0.6 is 21.6 Å². The van der Waals surface area contributed by atoms with Crippen LogP contribution in [0, 0.1) is 0 Å². The van der Waals surface area contributed by atoms with Crippen molar-refractivity contribution in [3.8, 4) is 0 Å². The summed E-state index contributed by atoms with van der Waals surface area (Å²) in [7, 11) is 2.18. The highest BCUT2D eigenvalue weighted by Crippen LogP contribution is 2.24. The molecule has 12 N–H and O–H groups in total. The molecule has 5 aromatic rings. The molecule has 0 bridgehead atoms. The Morgan fingerprint density at radius 1 is 0.522 bits per heavy atom. The second-order valence-corrected chi connectivity index (χ2v) is 19.4. The minimum atomic E-state index is -1.41. The van der Waals surface area contributed by atoms with Crippen molar-refractivity contribution in [1.29, 1.82) is 0 Å². The number of carbonyl (C=O) groups is 7. The number of fused-ring (bicyclic) bond motifs is 1. The molecule has 1 fully saturated rings. The SMILES string of the molecule is NCCCC[C@@H]1NC(=O)[C@H](Cc2c[nH]c3ccccc23)NC(=O)[C@H](Cc2ccccc2)NC(=O)[C@@H](Cc2ccccc2)NC(=O)[C@H](N)CSSC[C@@H](C(=O)O)NC(=O)[C@H](Cc2ccccc2)NC1=O. The number of aromatic amines is 1. The van der Waals surface area contributed by atoms with Gasteiger partial charge in [-0.3, -0.25) is 28.8 Å². The summed E-state index contributed by atoms with van der Waals surface area (Å²) in [6, 6.07) is 25.4. The third-order valence-corrected chi connectivity index (χ3v) is 14.0. The van der Waals surface area contributed by atoms with Crippen molar-refractivity contribution in [2.24, 2.45) is 11.5 Å². The fourth-order valence-corrected chi connectivity index (χ4v) is 10.1. The number of hydrogen-bond donors (Lipinski definition) is 10. The normalized spacial score (nSPS) is 22.8. The van der Waals surface area contributed by atoms with Crippen LogP contribution < -0.4 is 43.4 Å². The zero-order valence-corrected chi connectivity index (χ0v) is 39.6. The quantitative estimate of drug-likeness (QED) is 0.0602. The van der Waals surface area contributed by atoms with E-state index >= 15 is 0 Å². The van der Waals surface area contributed by atoms with Crippen LogP contribution in [0.15, 0.2) is 121 Å². The Kier molecular flexibility index (Phi) is 19.6. The van der Waals surface area contributed by atoms with E-state index in [-0.39, 0.29) is 43.6 Å². The Morgan fingerprint density at radius 2 is 0.942 bits per heavy atom. The molecule has 69 heavy (non-hydrogen) atoms. The minimum Gasteiger partial charge on any atom is -0.480 e. The van der Waals surface area contributed by atoms with Gasteiger partial charge in [-0.05, 0) is 54.1 Å². The van der Waals surface area contributed by atoms with Gasteiger partial charge in [-0.15, -0.1) is 0 Å². The van der Waals surface area contributed by atoms with Crippen LogP contribution in [0.4, 0.5) is 0 Å². The van der Waals surface area contributed by atoms with Crippen molar-refractivity contribution in [1.82, 2.24) is 36.9 Å². The summed E-state index contributed by atoms with van der Waals surface area (Å²) in [4.78, 5) is 102. The fourth-order valence-electron chi connectivity index (χ4n) is 7.80. The van der Waals surface area contributed by atoms with Gasteiger partial charge in [0, 0.05) is 54.3 Å². The number of nitrogens with one attached hydrogen (secondary N) is 7. The van der Waals surface area contributed by atoms with Crippen LogP contribution in [-0.4, -0.2) is 112 Å². The molecule has 17 nitrogen and oxygen atoms in total. The molecule has 0 aliphatic carbocycles. The van der Waals surface area contributed by atoms with Gasteiger partial charge in [0.2, 0.25) is 35.4 Å². The minimum absolute atomic E-state index is 0.00550. The van der Waals surface area contributed by atoms with Crippen molar-refractivity contribution >= 4 is 73.9 Å². The van der Waals surface area contributed by atoms with Gasteiger partial charge in [0.25, 0.3) is 0 Å². The molecule has 4 aromatic carbocycles. The lowest BCUT2D eigenvalue weighted by atomic mass is 10.00. The van der Waals surface area contributed by atoms with E-state index in [0.717, 1.165) is 32.5 Å². The van der Waals surface area contributed by atoms with Crippen LogP contribution in [-0.2, 0) is 59.2 Å². The average molecular weight is 978 g/mol. The molecule has 1 aliphatic heterocycles. The van der Waals surface area contributed by atoms with Gasteiger partial charge in [-0.2, -0.15) is 0 Å². The second kappa shape index (κ2) is 26.2. The number of para-hydroxylation sites is 1. The number of benzene rings is 4. The van der Waals surface area contributed by atoms with Gasteiger partial charge >= 0.3 is 5.97 Å². The predicted octanol–water partition coefficient (Wildman–Crippen LogP) is 2.28. The maximum absolute atomic E-state index is 14.8. The monoisotopic (exact) mass is 977 g/mol. The number of unbranched alkanes of at least 4 members (excludes halogenated alkanes) is 1. The van der Waals surface area contributed by atoms with Gasteiger partial charge < -0.3 is 53.5 Å². The van der Waals surface area contributed by atoms with Crippen LogP contribution in [0.25, 0.3) is 10.9 Å². The first-order valence-electron chi connectivity index (χ1n) is 22.8.